The SMILES string of the molecule is CCNC(=O)N(CCN1CCOCC1)CC(=O)N(Cc1ccc(F)cc1)Cc1sccc1C. The van der Waals surface area contributed by atoms with Crippen LogP contribution >= 0.6 is 11.3 Å². The molecule has 1 fully saturated rings. The number of halogens is 1. The maximum absolute atomic E-state index is 13.4. The van der Waals surface area contributed by atoms with E-state index < -0.39 is 0 Å². The molecule has 0 spiro atoms. The summed E-state index contributed by atoms with van der Waals surface area (Å²) in [6.07, 6.45) is 0. The van der Waals surface area contributed by atoms with Crippen molar-refractivity contribution in [2.24, 2.45) is 0 Å². The van der Waals surface area contributed by atoms with Crippen molar-refractivity contribution >= 4 is 23.3 Å². The topological polar surface area (TPSA) is 65.1 Å². The maximum atomic E-state index is 13.4. The molecule has 1 N–H and O–H groups in total. The van der Waals surface area contributed by atoms with Crippen LogP contribution in [-0.4, -0.2) is 79.1 Å². The predicted molar refractivity (Wildman–Crippen MR) is 128 cm³/mol. The molecule has 0 radical (unpaired) electrons. The third kappa shape index (κ3) is 7.80. The van der Waals surface area contributed by atoms with Gasteiger partial charge in [0, 0.05) is 44.1 Å². The van der Waals surface area contributed by atoms with E-state index in [1.807, 2.05) is 25.3 Å². The lowest BCUT2D eigenvalue weighted by Crippen LogP contribution is -2.49. The molecule has 180 valence electrons. The second-order valence-electron chi connectivity index (χ2n) is 8.11. The molecular formula is C24H33FN4O3S. The second kappa shape index (κ2) is 12.7. The molecule has 7 nitrogen and oxygen atoms in total. The van der Waals surface area contributed by atoms with E-state index in [1.165, 1.54) is 12.1 Å². The van der Waals surface area contributed by atoms with Gasteiger partial charge in [-0.05, 0) is 48.6 Å². The van der Waals surface area contributed by atoms with Crippen molar-refractivity contribution < 1.29 is 18.7 Å². The minimum absolute atomic E-state index is 0.0121. The van der Waals surface area contributed by atoms with Crippen molar-refractivity contribution in [1.29, 1.82) is 0 Å². The molecule has 1 aliphatic rings. The summed E-state index contributed by atoms with van der Waals surface area (Å²) in [6.45, 7) is 9.34. The highest BCUT2D eigenvalue weighted by Gasteiger charge is 2.23. The van der Waals surface area contributed by atoms with E-state index in [0.29, 0.717) is 45.9 Å². The number of thiophene rings is 1. The van der Waals surface area contributed by atoms with Crippen LogP contribution in [0.5, 0.6) is 0 Å². The highest BCUT2D eigenvalue weighted by molar-refractivity contribution is 7.10. The average molecular weight is 477 g/mol. The molecule has 3 amide bonds. The van der Waals surface area contributed by atoms with E-state index in [2.05, 4.69) is 10.2 Å². The van der Waals surface area contributed by atoms with Crippen molar-refractivity contribution in [1.82, 2.24) is 20.0 Å². The molecule has 9 heteroatoms. The number of carbonyl (C=O) groups is 2. The molecule has 33 heavy (non-hydrogen) atoms. The molecule has 1 saturated heterocycles. The molecule has 0 bridgehead atoms. The number of hydrogen-bond donors (Lipinski definition) is 1. The first kappa shape index (κ1) is 25.1. The maximum Gasteiger partial charge on any atom is 0.317 e. The number of nitrogens with zero attached hydrogens (tertiary/aromatic N) is 3. The van der Waals surface area contributed by atoms with Crippen LogP contribution < -0.4 is 5.32 Å². The molecule has 0 aliphatic carbocycles. The number of amides is 3. The van der Waals surface area contributed by atoms with E-state index >= 15 is 0 Å². The first-order chi connectivity index (χ1) is 16.0. The number of nitrogens with one attached hydrogen (secondary N) is 1. The van der Waals surface area contributed by atoms with E-state index in [4.69, 9.17) is 4.74 Å². The van der Waals surface area contributed by atoms with Gasteiger partial charge < -0.3 is 19.9 Å². The van der Waals surface area contributed by atoms with Gasteiger partial charge in [-0.1, -0.05) is 12.1 Å². The fourth-order valence-corrected chi connectivity index (χ4v) is 4.57. The summed E-state index contributed by atoms with van der Waals surface area (Å²) < 4.78 is 18.8. The summed E-state index contributed by atoms with van der Waals surface area (Å²) in [5.41, 5.74) is 1.97. The molecule has 1 aromatic heterocycles. The lowest BCUT2D eigenvalue weighted by Gasteiger charge is -2.31. The van der Waals surface area contributed by atoms with Crippen LogP contribution in [0.3, 0.4) is 0 Å². The van der Waals surface area contributed by atoms with Gasteiger partial charge in [-0.25, -0.2) is 9.18 Å². The number of morpholine rings is 1. The van der Waals surface area contributed by atoms with Gasteiger partial charge in [0.25, 0.3) is 0 Å². The largest absolute Gasteiger partial charge is 0.379 e. The van der Waals surface area contributed by atoms with Crippen LogP contribution in [0, 0.1) is 12.7 Å². The van der Waals surface area contributed by atoms with Crippen molar-refractivity contribution in [3.05, 3.63) is 57.5 Å². The predicted octanol–water partition coefficient (Wildman–Crippen LogP) is 3.09. The number of hydrogen-bond acceptors (Lipinski definition) is 5. The Bertz CT molecular complexity index is 899. The Hall–Kier alpha value is -2.49. The standard InChI is InChI=1S/C24H33FN4O3S/c1-3-26-24(31)28(10-9-27-11-13-32-14-12-27)18-23(30)29(17-22-19(2)8-15-33-22)16-20-4-6-21(25)7-5-20/h4-8,15H,3,9-14,16-18H2,1-2H3,(H,26,31). The number of ether oxygens (including phenoxy) is 1. The monoisotopic (exact) mass is 476 g/mol. The zero-order valence-electron chi connectivity index (χ0n) is 19.4. The van der Waals surface area contributed by atoms with Gasteiger partial charge in [0.2, 0.25) is 5.91 Å². The molecule has 1 aromatic carbocycles. The van der Waals surface area contributed by atoms with Crippen molar-refractivity contribution in [3.63, 3.8) is 0 Å². The fraction of sp³-hybridized carbons (Fsp3) is 0.500. The molecule has 0 atom stereocenters. The van der Waals surface area contributed by atoms with E-state index in [0.717, 1.165) is 29.1 Å². The van der Waals surface area contributed by atoms with E-state index in [1.54, 1.807) is 33.3 Å². The summed E-state index contributed by atoms with van der Waals surface area (Å²) in [7, 11) is 0. The van der Waals surface area contributed by atoms with Crippen LogP contribution in [0.15, 0.2) is 35.7 Å². The van der Waals surface area contributed by atoms with Crippen LogP contribution in [0.25, 0.3) is 0 Å². The Balaban J connectivity index is 1.71. The van der Waals surface area contributed by atoms with E-state index in [-0.39, 0.29) is 24.3 Å². The molecule has 3 rings (SSSR count). The van der Waals surface area contributed by atoms with Crippen LogP contribution in [0.4, 0.5) is 9.18 Å². The van der Waals surface area contributed by atoms with Gasteiger partial charge in [-0.15, -0.1) is 11.3 Å². The third-order valence-corrected chi connectivity index (χ3v) is 6.68. The molecular weight excluding hydrogens is 443 g/mol. The van der Waals surface area contributed by atoms with Gasteiger partial charge in [-0.2, -0.15) is 0 Å². The van der Waals surface area contributed by atoms with Crippen LogP contribution in [0.1, 0.15) is 22.9 Å². The minimum atomic E-state index is -0.309. The third-order valence-electron chi connectivity index (χ3n) is 5.67. The van der Waals surface area contributed by atoms with Gasteiger partial charge in [0.1, 0.15) is 12.4 Å². The first-order valence-electron chi connectivity index (χ1n) is 11.3. The summed E-state index contributed by atoms with van der Waals surface area (Å²) in [4.78, 5) is 32.8. The van der Waals surface area contributed by atoms with Gasteiger partial charge in [0.05, 0.1) is 19.8 Å². The normalized spacial score (nSPS) is 14.2. The number of urea groups is 1. The minimum Gasteiger partial charge on any atom is -0.379 e. The summed E-state index contributed by atoms with van der Waals surface area (Å²) in [5, 5.41) is 4.83. The van der Waals surface area contributed by atoms with Gasteiger partial charge >= 0.3 is 6.03 Å². The average Bonchev–Trinajstić information content (AvgIpc) is 3.22. The molecule has 2 aromatic rings. The Morgan fingerprint density at radius 2 is 1.85 bits per heavy atom. The Kier molecular flexibility index (Phi) is 9.65. The molecule has 1 aliphatic heterocycles. The highest BCUT2D eigenvalue weighted by atomic mass is 32.1. The summed E-state index contributed by atoms with van der Waals surface area (Å²) >= 11 is 1.61. The molecule has 0 unspecified atom stereocenters. The number of rotatable bonds is 10. The Morgan fingerprint density at radius 3 is 2.48 bits per heavy atom. The summed E-state index contributed by atoms with van der Waals surface area (Å²) in [5.74, 6) is -0.448. The molecule has 2 heterocycles. The van der Waals surface area contributed by atoms with Gasteiger partial charge in [-0.3, -0.25) is 9.69 Å². The lowest BCUT2D eigenvalue weighted by atomic mass is 10.2. The number of benzene rings is 1. The zero-order chi connectivity index (χ0) is 23.6. The van der Waals surface area contributed by atoms with Crippen molar-refractivity contribution in [2.75, 3.05) is 52.5 Å². The quantitative estimate of drug-likeness (QED) is 0.572. The number of aryl methyl sites for hydroxylation is 1. The molecule has 0 saturated carbocycles. The lowest BCUT2D eigenvalue weighted by molar-refractivity contribution is -0.133. The number of carbonyl (C=O) groups excluding carboxylic acids is 2. The van der Waals surface area contributed by atoms with Crippen molar-refractivity contribution in [2.45, 2.75) is 26.9 Å². The fourth-order valence-electron chi connectivity index (χ4n) is 3.65. The summed E-state index contributed by atoms with van der Waals surface area (Å²) in [6, 6.07) is 7.97. The van der Waals surface area contributed by atoms with Crippen LogP contribution in [-0.2, 0) is 22.6 Å². The van der Waals surface area contributed by atoms with E-state index in [9.17, 15) is 14.0 Å². The highest BCUT2D eigenvalue weighted by Crippen LogP contribution is 2.20. The first-order valence-corrected chi connectivity index (χ1v) is 12.2. The second-order valence-corrected chi connectivity index (χ2v) is 9.11. The Labute approximate surface area is 199 Å². The Morgan fingerprint density at radius 1 is 1.12 bits per heavy atom. The zero-order valence-corrected chi connectivity index (χ0v) is 20.2. The van der Waals surface area contributed by atoms with Crippen molar-refractivity contribution in [3.8, 4) is 0 Å². The van der Waals surface area contributed by atoms with Gasteiger partial charge in [0.15, 0.2) is 0 Å². The smallest absolute Gasteiger partial charge is 0.317 e. The van der Waals surface area contributed by atoms with Crippen LogP contribution in [0.2, 0.25) is 0 Å².